The minimum Gasteiger partial charge on any atom is -0.384 e. The van der Waals surface area contributed by atoms with Gasteiger partial charge in [-0.05, 0) is 28.8 Å². The summed E-state index contributed by atoms with van der Waals surface area (Å²) in [6.07, 6.45) is 0. The van der Waals surface area contributed by atoms with E-state index in [0.717, 1.165) is 16.7 Å². The Kier molecular flexibility index (Phi) is 4.94. The van der Waals surface area contributed by atoms with Crippen molar-refractivity contribution < 1.29 is 4.92 Å². The van der Waals surface area contributed by atoms with Crippen LogP contribution in [0.4, 0.5) is 11.4 Å². The highest BCUT2D eigenvalue weighted by atomic mass is 16.6. The van der Waals surface area contributed by atoms with Crippen LogP contribution >= 0.6 is 0 Å². The second-order valence-electron chi connectivity index (χ2n) is 5.79. The number of rotatable bonds is 6. The van der Waals surface area contributed by atoms with Gasteiger partial charge in [-0.3, -0.25) is 15.5 Å². The topological polar surface area (TPSA) is 105 Å². The summed E-state index contributed by atoms with van der Waals surface area (Å²) < 4.78 is 0. The molecule has 130 valence electrons. The van der Waals surface area contributed by atoms with Crippen LogP contribution < -0.4 is 11.1 Å². The summed E-state index contributed by atoms with van der Waals surface area (Å²) in [6.45, 7) is 0.472. The molecule has 0 aliphatic rings. The monoisotopic (exact) mass is 346 g/mol. The first-order valence-electron chi connectivity index (χ1n) is 8.06. The van der Waals surface area contributed by atoms with Crippen LogP contribution in [0.5, 0.6) is 0 Å². The highest BCUT2D eigenvalue weighted by Crippen LogP contribution is 2.32. The molecule has 0 aromatic heterocycles. The largest absolute Gasteiger partial charge is 0.384 e. The molecule has 0 aliphatic heterocycles. The Morgan fingerprint density at radius 3 is 2.42 bits per heavy atom. The van der Waals surface area contributed by atoms with E-state index in [2.05, 4.69) is 5.32 Å². The average molecular weight is 346 g/mol. The van der Waals surface area contributed by atoms with E-state index < -0.39 is 4.92 Å². The molecule has 0 aliphatic carbocycles. The summed E-state index contributed by atoms with van der Waals surface area (Å²) in [5, 5.41) is 22.2. The Balaban J connectivity index is 1.99. The zero-order valence-corrected chi connectivity index (χ0v) is 14.0. The maximum atomic E-state index is 11.4. The molecular weight excluding hydrogens is 328 g/mol. The average Bonchev–Trinajstić information content (AvgIpc) is 2.66. The molecule has 0 spiro atoms. The predicted molar refractivity (Wildman–Crippen MR) is 103 cm³/mol. The lowest BCUT2D eigenvalue weighted by atomic mass is 9.98. The zero-order chi connectivity index (χ0) is 18.5. The quantitative estimate of drug-likeness (QED) is 0.270. The van der Waals surface area contributed by atoms with E-state index in [0.29, 0.717) is 17.8 Å². The maximum Gasteiger partial charge on any atom is 0.292 e. The highest BCUT2D eigenvalue weighted by molar-refractivity contribution is 6.01. The molecule has 0 saturated carbocycles. The molecule has 26 heavy (non-hydrogen) atoms. The number of nitro groups is 1. The number of nitrogens with two attached hydrogens (primary N) is 1. The van der Waals surface area contributed by atoms with Crippen LogP contribution in [0.25, 0.3) is 11.1 Å². The molecule has 3 aromatic carbocycles. The van der Waals surface area contributed by atoms with Gasteiger partial charge >= 0.3 is 0 Å². The first-order valence-corrected chi connectivity index (χ1v) is 8.06. The third-order valence-corrected chi connectivity index (χ3v) is 4.05. The molecule has 0 unspecified atom stereocenters. The van der Waals surface area contributed by atoms with Crippen LogP contribution in [0.1, 0.15) is 11.1 Å². The van der Waals surface area contributed by atoms with E-state index >= 15 is 0 Å². The number of amidine groups is 1. The van der Waals surface area contributed by atoms with Crippen molar-refractivity contribution in [1.82, 2.24) is 0 Å². The minimum absolute atomic E-state index is 0.00462. The number of nitrogens with one attached hydrogen (secondary N) is 2. The van der Waals surface area contributed by atoms with Crippen LogP contribution in [-0.2, 0) is 6.54 Å². The maximum absolute atomic E-state index is 11.4. The number of benzene rings is 3. The van der Waals surface area contributed by atoms with Gasteiger partial charge in [0.2, 0.25) is 0 Å². The van der Waals surface area contributed by atoms with Gasteiger partial charge in [-0.25, -0.2) is 0 Å². The Labute approximate surface area is 151 Å². The Bertz CT molecular complexity index is 955. The molecule has 3 rings (SSSR count). The van der Waals surface area contributed by atoms with E-state index in [-0.39, 0.29) is 11.5 Å². The van der Waals surface area contributed by atoms with Crippen molar-refractivity contribution >= 4 is 17.2 Å². The van der Waals surface area contributed by atoms with Gasteiger partial charge in [0.25, 0.3) is 5.69 Å². The first kappa shape index (κ1) is 17.2. The van der Waals surface area contributed by atoms with Crippen molar-refractivity contribution in [3.63, 3.8) is 0 Å². The highest BCUT2D eigenvalue weighted by Gasteiger charge is 2.16. The Morgan fingerprint density at radius 1 is 1.04 bits per heavy atom. The smallest absolute Gasteiger partial charge is 0.292 e. The molecule has 0 fully saturated rings. The van der Waals surface area contributed by atoms with E-state index in [4.69, 9.17) is 11.1 Å². The molecule has 0 amide bonds. The second-order valence-corrected chi connectivity index (χ2v) is 5.79. The fraction of sp³-hybridized carbons (Fsp3) is 0.0500. The normalized spacial score (nSPS) is 10.3. The zero-order valence-electron chi connectivity index (χ0n) is 14.0. The first-order chi connectivity index (χ1) is 12.6. The predicted octanol–water partition coefficient (Wildman–Crippen LogP) is 4.16. The number of hydrogen-bond acceptors (Lipinski definition) is 4. The molecule has 0 atom stereocenters. The minimum atomic E-state index is -0.409. The van der Waals surface area contributed by atoms with E-state index in [1.165, 1.54) is 6.07 Å². The van der Waals surface area contributed by atoms with Crippen molar-refractivity contribution in [3.8, 4) is 11.1 Å². The van der Waals surface area contributed by atoms with Crippen molar-refractivity contribution in [2.24, 2.45) is 5.73 Å². The molecule has 0 saturated heterocycles. The molecular formula is C20H18N4O2. The van der Waals surface area contributed by atoms with Gasteiger partial charge < -0.3 is 11.1 Å². The number of nitrogens with zero attached hydrogens (tertiary/aromatic N) is 1. The van der Waals surface area contributed by atoms with Crippen LogP contribution in [0, 0.1) is 15.5 Å². The molecule has 0 heterocycles. The summed E-state index contributed by atoms with van der Waals surface area (Å²) in [6, 6.07) is 21.8. The summed E-state index contributed by atoms with van der Waals surface area (Å²) in [4.78, 5) is 11.0. The summed E-state index contributed by atoms with van der Waals surface area (Å²) in [5.41, 5.74) is 9.23. The van der Waals surface area contributed by atoms with E-state index in [1.54, 1.807) is 24.3 Å². The molecule has 6 nitrogen and oxygen atoms in total. The molecule has 3 aromatic rings. The van der Waals surface area contributed by atoms with Crippen molar-refractivity contribution in [1.29, 1.82) is 5.41 Å². The van der Waals surface area contributed by atoms with Crippen LogP contribution in [0.3, 0.4) is 0 Å². The summed E-state index contributed by atoms with van der Waals surface area (Å²) >= 11 is 0. The third kappa shape index (κ3) is 3.70. The van der Waals surface area contributed by atoms with E-state index in [9.17, 15) is 10.1 Å². The summed E-state index contributed by atoms with van der Waals surface area (Å²) in [5.74, 6) is -0.0438. The number of nitro benzene ring substituents is 1. The van der Waals surface area contributed by atoms with Gasteiger partial charge in [0.15, 0.2) is 0 Å². The van der Waals surface area contributed by atoms with Crippen LogP contribution in [0.2, 0.25) is 0 Å². The third-order valence-electron chi connectivity index (χ3n) is 4.05. The fourth-order valence-corrected chi connectivity index (χ4v) is 2.77. The van der Waals surface area contributed by atoms with Gasteiger partial charge in [0.05, 0.1) is 4.92 Å². The van der Waals surface area contributed by atoms with Gasteiger partial charge in [0, 0.05) is 18.2 Å². The Hall–Kier alpha value is -3.67. The van der Waals surface area contributed by atoms with Crippen molar-refractivity contribution in [2.45, 2.75) is 6.54 Å². The number of nitrogen functional groups attached to an aromatic ring is 1. The second kappa shape index (κ2) is 7.48. The van der Waals surface area contributed by atoms with Gasteiger partial charge in [-0.2, -0.15) is 0 Å². The van der Waals surface area contributed by atoms with Crippen LogP contribution in [0.15, 0.2) is 72.8 Å². The van der Waals surface area contributed by atoms with Crippen molar-refractivity contribution in [2.75, 3.05) is 5.32 Å². The van der Waals surface area contributed by atoms with E-state index in [1.807, 2.05) is 42.5 Å². The van der Waals surface area contributed by atoms with Crippen LogP contribution in [-0.4, -0.2) is 10.8 Å². The number of anilines is 1. The Morgan fingerprint density at radius 2 is 1.73 bits per heavy atom. The summed E-state index contributed by atoms with van der Waals surface area (Å²) in [7, 11) is 0. The lowest BCUT2D eigenvalue weighted by Gasteiger charge is -2.12. The lowest BCUT2D eigenvalue weighted by molar-refractivity contribution is -0.384. The molecule has 4 N–H and O–H groups in total. The van der Waals surface area contributed by atoms with Gasteiger partial charge in [-0.1, -0.05) is 54.6 Å². The van der Waals surface area contributed by atoms with Gasteiger partial charge in [-0.15, -0.1) is 0 Å². The molecule has 0 radical (unpaired) electrons. The standard InChI is InChI=1S/C20H18N4O2/c21-20(22)17-9-5-4-8-16(17)15-10-11-19(24(25)26)18(12-15)23-13-14-6-2-1-3-7-14/h1-12,23H,13H2,(H3,21,22). The lowest BCUT2D eigenvalue weighted by Crippen LogP contribution is -2.12. The molecule has 6 heteroatoms. The number of hydrogen-bond donors (Lipinski definition) is 3. The van der Waals surface area contributed by atoms with Gasteiger partial charge in [0.1, 0.15) is 11.5 Å². The molecule has 0 bridgehead atoms. The fourth-order valence-electron chi connectivity index (χ4n) is 2.77. The van der Waals surface area contributed by atoms with Crippen molar-refractivity contribution in [3.05, 3.63) is 94.0 Å². The SMILES string of the molecule is N=C(N)c1ccccc1-c1ccc([N+](=O)[O-])c(NCc2ccccc2)c1.